The van der Waals surface area contributed by atoms with E-state index < -0.39 is 0 Å². The van der Waals surface area contributed by atoms with E-state index in [0.29, 0.717) is 5.92 Å². The number of hydrogen-bond donors (Lipinski definition) is 1. The van der Waals surface area contributed by atoms with Crippen LogP contribution in [0.25, 0.3) is 0 Å². The molecule has 0 heterocycles. The number of hydrogen-bond acceptors (Lipinski definition) is 4. The number of benzene rings is 1. The van der Waals surface area contributed by atoms with Crippen LogP contribution in [0.4, 0.5) is 0 Å². The van der Waals surface area contributed by atoms with Crippen LogP contribution in [0, 0.1) is 5.92 Å². The zero-order chi connectivity index (χ0) is 14.3. The summed E-state index contributed by atoms with van der Waals surface area (Å²) in [5, 5.41) is 3.21. The molecule has 1 unspecified atom stereocenters. The van der Waals surface area contributed by atoms with E-state index in [1.165, 1.54) is 5.56 Å². The Labute approximate surface area is 116 Å². The minimum atomic E-state index is 0.634. The van der Waals surface area contributed by atoms with E-state index >= 15 is 0 Å². The Bertz CT molecular complexity index is 382. The summed E-state index contributed by atoms with van der Waals surface area (Å²) >= 11 is 0. The second-order valence-electron chi connectivity index (χ2n) is 5.05. The molecule has 0 spiro atoms. The highest BCUT2D eigenvalue weighted by molar-refractivity contribution is 5.42. The fourth-order valence-corrected chi connectivity index (χ4v) is 2.30. The first-order valence-corrected chi connectivity index (χ1v) is 6.64. The van der Waals surface area contributed by atoms with E-state index in [1.807, 2.05) is 19.2 Å². The molecule has 0 bridgehead atoms. The predicted molar refractivity (Wildman–Crippen MR) is 79.0 cm³/mol. The number of methoxy groups -OCH3 is 2. The highest BCUT2D eigenvalue weighted by Crippen LogP contribution is 2.27. The highest BCUT2D eigenvalue weighted by atomic mass is 16.5. The third-order valence-corrected chi connectivity index (χ3v) is 3.08. The first-order valence-electron chi connectivity index (χ1n) is 6.64. The molecule has 0 radical (unpaired) electrons. The van der Waals surface area contributed by atoms with Crippen LogP contribution in [0.5, 0.6) is 11.5 Å². The maximum absolute atomic E-state index is 5.32. The molecule has 1 atom stereocenters. The fraction of sp³-hybridized carbons (Fsp3) is 0.600. The summed E-state index contributed by atoms with van der Waals surface area (Å²) in [6.45, 7) is 5.27. The molecular weight excluding hydrogens is 240 g/mol. The van der Waals surface area contributed by atoms with E-state index in [4.69, 9.17) is 9.47 Å². The van der Waals surface area contributed by atoms with Gasteiger partial charge in [-0.2, -0.15) is 0 Å². The molecule has 19 heavy (non-hydrogen) atoms. The molecule has 0 fully saturated rings. The average molecular weight is 266 g/mol. The molecule has 1 aromatic carbocycles. The monoisotopic (exact) mass is 266 g/mol. The Morgan fingerprint density at radius 1 is 1.21 bits per heavy atom. The van der Waals surface area contributed by atoms with Gasteiger partial charge in [0.2, 0.25) is 0 Å². The summed E-state index contributed by atoms with van der Waals surface area (Å²) < 4.78 is 10.6. The van der Waals surface area contributed by atoms with Crippen molar-refractivity contribution in [3.05, 3.63) is 23.8 Å². The molecule has 0 amide bonds. The van der Waals surface area contributed by atoms with E-state index in [2.05, 4.69) is 30.3 Å². The van der Waals surface area contributed by atoms with Crippen molar-refractivity contribution in [2.45, 2.75) is 13.5 Å². The van der Waals surface area contributed by atoms with Crippen molar-refractivity contribution in [1.29, 1.82) is 0 Å². The SMILES string of the molecule is CNCC(C)CN(C)Cc1ccc(OC)c(OC)c1. The third kappa shape index (κ3) is 5.09. The van der Waals surface area contributed by atoms with Crippen molar-refractivity contribution in [1.82, 2.24) is 10.2 Å². The summed E-state index contributed by atoms with van der Waals surface area (Å²) in [5.41, 5.74) is 1.23. The van der Waals surface area contributed by atoms with Crippen molar-refractivity contribution in [2.24, 2.45) is 5.92 Å². The van der Waals surface area contributed by atoms with Crippen LogP contribution < -0.4 is 14.8 Å². The average Bonchev–Trinajstić information content (AvgIpc) is 2.38. The highest BCUT2D eigenvalue weighted by Gasteiger charge is 2.09. The van der Waals surface area contributed by atoms with E-state index in [-0.39, 0.29) is 0 Å². The second kappa shape index (κ2) is 8.02. The van der Waals surface area contributed by atoms with Gasteiger partial charge in [-0.1, -0.05) is 13.0 Å². The molecule has 0 saturated carbocycles. The van der Waals surface area contributed by atoms with Gasteiger partial charge in [0.15, 0.2) is 11.5 Å². The van der Waals surface area contributed by atoms with Crippen molar-refractivity contribution in [3.8, 4) is 11.5 Å². The van der Waals surface area contributed by atoms with Gasteiger partial charge >= 0.3 is 0 Å². The lowest BCUT2D eigenvalue weighted by Gasteiger charge is -2.21. The van der Waals surface area contributed by atoms with Gasteiger partial charge in [0.05, 0.1) is 14.2 Å². The van der Waals surface area contributed by atoms with Gasteiger partial charge in [0.1, 0.15) is 0 Å². The minimum absolute atomic E-state index is 0.634. The minimum Gasteiger partial charge on any atom is -0.493 e. The Kier molecular flexibility index (Phi) is 6.67. The lowest BCUT2D eigenvalue weighted by Crippen LogP contribution is -2.29. The van der Waals surface area contributed by atoms with Crippen LogP contribution in [0.15, 0.2) is 18.2 Å². The molecule has 4 heteroatoms. The maximum atomic E-state index is 5.32. The van der Waals surface area contributed by atoms with Gasteiger partial charge in [-0.15, -0.1) is 0 Å². The Hall–Kier alpha value is -1.26. The van der Waals surface area contributed by atoms with Crippen LogP contribution in [-0.2, 0) is 6.54 Å². The Balaban J connectivity index is 2.61. The van der Waals surface area contributed by atoms with Crippen LogP contribution in [0.1, 0.15) is 12.5 Å². The molecule has 0 saturated heterocycles. The molecular formula is C15H26N2O2. The molecule has 0 aliphatic carbocycles. The molecule has 0 aromatic heterocycles. The summed E-state index contributed by atoms with van der Waals surface area (Å²) in [4.78, 5) is 2.32. The van der Waals surface area contributed by atoms with Gasteiger partial charge < -0.3 is 19.7 Å². The van der Waals surface area contributed by atoms with Gasteiger partial charge in [-0.05, 0) is 44.3 Å². The summed E-state index contributed by atoms with van der Waals surface area (Å²) in [6, 6.07) is 6.08. The molecule has 0 aliphatic rings. The van der Waals surface area contributed by atoms with E-state index in [0.717, 1.165) is 31.1 Å². The zero-order valence-corrected chi connectivity index (χ0v) is 12.7. The topological polar surface area (TPSA) is 33.7 Å². The van der Waals surface area contributed by atoms with Crippen LogP contribution in [0.3, 0.4) is 0 Å². The lowest BCUT2D eigenvalue weighted by molar-refractivity contribution is 0.275. The molecule has 4 nitrogen and oxygen atoms in total. The van der Waals surface area contributed by atoms with Crippen LogP contribution >= 0.6 is 0 Å². The Morgan fingerprint density at radius 2 is 1.89 bits per heavy atom. The largest absolute Gasteiger partial charge is 0.493 e. The zero-order valence-electron chi connectivity index (χ0n) is 12.7. The number of rotatable bonds is 8. The third-order valence-electron chi connectivity index (χ3n) is 3.08. The predicted octanol–water partition coefficient (Wildman–Crippen LogP) is 1.99. The standard InChI is InChI=1S/C15H26N2O2/c1-12(9-16-2)10-17(3)11-13-6-7-14(18-4)15(8-13)19-5/h6-8,12,16H,9-11H2,1-5H3. The first kappa shape index (κ1) is 15.8. The second-order valence-corrected chi connectivity index (χ2v) is 5.05. The van der Waals surface area contributed by atoms with E-state index in [9.17, 15) is 0 Å². The number of nitrogens with one attached hydrogen (secondary N) is 1. The quantitative estimate of drug-likeness (QED) is 0.780. The van der Waals surface area contributed by atoms with Gasteiger partial charge in [-0.25, -0.2) is 0 Å². The van der Waals surface area contributed by atoms with Crippen molar-refractivity contribution in [3.63, 3.8) is 0 Å². The lowest BCUT2D eigenvalue weighted by atomic mass is 10.1. The van der Waals surface area contributed by atoms with Crippen molar-refractivity contribution < 1.29 is 9.47 Å². The molecule has 0 aliphatic heterocycles. The maximum Gasteiger partial charge on any atom is 0.161 e. The molecule has 108 valence electrons. The van der Waals surface area contributed by atoms with Crippen LogP contribution in [-0.4, -0.2) is 46.3 Å². The normalized spacial score (nSPS) is 12.5. The smallest absolute Gasteiger partial charge is 0.161 e. The van der Waals surface area contributed by atoms with Crippen LogP contribution in [0.2, 0.25) is 0 Å². The molecule has 1 aromatic rings. The Morgan fingerprint density at radius 3 is 2.47 bits per heavy atom. The van der Waals surface area contributed by atoms with E-state index in [1.54, 1.807) is 14.2 Å². The molecule has 1 rings (SSSR count). The summed E-state index contributed by atoms with van der Waals surface area (Å²) in [7, 11) is 7.46. The summed E-state index contributed by atoms with van der Waals surface area (Å²) in [5.74, 6) is 2.20. The number of nitrogens with zero attached hydrogens (tertiary/aromatic N) is 1. The fourth-order valence-electron chi connectivity index (χ4n) is 2.30. The van der Waals surface area contributed by atoms with Gasteiger partial charge in [-0.3, -0.25) is 0 Å². The summed E-state index contributed by atoms with van der Waals surface area (Å²) in [6.07, 6.45) is 0. The van der Waals surface area contributed by atoms with Crippen molar-refractivity contribution >= 4 is 0 Å². The van der Waals surface area contributed by atoms with Crippen molar-refractivity contribution in [2.75, 3.05) is 41.4 Å². The van der Waals surface area contributed by atoms with Gasteiger partial charge in [0, 0.05) is 13.1 Å². The number of ether oxygens (including phenoxy) is 2. The molecule has 1 N–H and O–H groups in total. The van der Waals surface area contributed by atoms with Gasteiger partial charge in [0.25, 0.3) is 0 Å². The first-order chi connectivity index (χ1) is 9.10.